The summed E-state index contributed by atoms with van der Waals surface area (Å²) in [6.07, 6.45) is 1.82. The third kappa shape index (κ3) is 6.47. The molecule has 0 saturated heterocycles. The third-order valence-corrected chi connectivity index (χ3v) is 4.15. The summed E-state index contributed by atoms with van der Waals surface area (Å²) in [6, 6.07) is 8.75. The highest BCUT2D eigenvalue weighted by Gasteiger charge is 2.22. The maximum atomic E-state index is 12.9. The summed E-state index contributed by atoms with van der Waals surface area (Å²) in [5.74, 6) is 2.53. The number of rotatable bonds is 6. The van der Waals surface area contributed by atoms with Crippen LogP contribution in [-0.2, 0) is 4.57 Å². The van der Waals surface area contributed by atoms with E-state index in [0.29, 0.717) is 39.9 Å². The summed E-state index contributed by atoms with van der Waals surface area (Å²) < 4.78 is 35.7. The molecule has 0 unspecified atom stereocenters. The van der Waals surface area contributed by atoms with Gasteiger partial charge in [-0.1, -0.05) is 0 Å². The van der Waals surface area contributed by atoms with Crippen molar-refractivity contribution in [3.05, 3.63) is 47.0 Å². The van der Waals surface area contributed by atoms with Crippen LogP contribution in [0.3, 0.4) is 0 Å². The highest BCUT2D eigenvalue weighted by molar-refractivity contribution is 7.45. The average Bonchev–Trinajstić information content (AvgIpc) is 2.75. The average molecular weight is 454 g/mol. The number of Topliss-reactive ketones (excluding diaryl/α,β-unsaturated/α-hetero) is 1. The van der Waals surface area contributed by atoms with E-state index in [1.165, 1.54) is 21.3 Å². The molecule has 3 rings (SSSR count). The Morgan fingerprint density at radius 2 is 1.52 bits per heavy atom. The lowest BCUT2D eigenvalue weighted by Crippen LogP contribution is -2.15. The molecular formula is C20H23O10P. The SMILES string of the molecule is COc1ccc2c(c1)OCC(C(=O)c1cc(OC)c(OC)c(OC)c1)=C2.O=P(O)(O)O. The fourth-order valence-corrected chi connectivity index (χ4v) is 2.80. The van der Waals surface area contributed by atoms with E-state index >= 15 is 0 Å². The number of methoxy groups -OCH3 is 4. The van der Waals surface area contributed by atoms with Crippen LogP contribution in [-0.4, -0.2) is 55.5 Å². The molecule has 3 N–H and O–H groups in total. The molecule has 11 heteroatoms. The van der Waals surface area contributed by atoms with Crippen molar-refractivity contribution in [2.75, 3.05) is 35.0 Å². The lowest BCUT2D eigenvalue weighted by Gasteiger charge is -2.19. The van der Waals surface area contributed by atoms with Gasteiger partial charge in [-0.15, -0.1) is 0 Å². The first-order valence-electron chi connectivity index (χ1n) is 8.75. The van der Waals surface area contributed by atoms with Crippen LogP contribution < -0.4 is 23.7 Å². The molecule has 0 spiro atoms. The van der Waals surface area contributed by atoms with E-state index < -0.39 is 7.82 Å². The number of ether oxygens (including phenoxy) is 5. The minimum Gasteiger partial charge on any atom is -0.497 e. The molecular weight excluding hydrogens is 431 g/mol. The number of carbonyl (C=O) groups excluding carboxylic acids is 1. The fourth-order valence-electron chi connectivity index (χ4n) is 2.80. The lowest BCUT2D eigenvalue weighted by molar-refractivity contribution is 0.102. The van der Waals surface area contributed by atoms with Crippen molar-refractivity contribution < 1.29 is 47.7 Å². The van der Waals surface area contributed by atoms with E-state index in [1.807, 2.05) is 18.2 Å². The molecule has 0 aliphatic carbocycles. The zero-order chi connectivity index (χ0) is 23.2. The first-order chi connectivity index (χ1) is 14.6. The Labute approximate surface area is 178 Å². The summed E-state index contributed by atoms with van der Waals surface area (Å²) in [6.45, 7) is 0.176. The van der Waals surface area contributed by atoms with Crippen LogP contribution in [0.25, 0.3) is 6.08 Å². The molecule has 0 atom stereocenters. The lowest BCUT2D eigenvalue weighted by atomic mass is 9.98. The van der Waals surface area contributed by atoms with Gasteiger partial charge >= 0.3 is 7.82 Å². The summed E-state index contributed by atoms with van der Waals surface area (Å²) in [7, 11) is 1.50. The molecule has 10 nitrogen and oxygen atoms in total. The summed E-state index contributed by atoms with van der Waals surface area (Å²) in [5.41, 5.74) is 1.80. The highest BCUT2D eigenvalue weighted by Crippen LogP contribution is 2.39. The van der Waals surface area contributed by atoms with Gasteiger partial charge in [-0.05, 0) is 30.3 Å². The smallest absolute Gasteiger partial charge is 0.466 e. The molecule has 2 aromatic rings. The van der Waals surface area contributed by atoms with Gasteiger partial charge in [-0.3, -0.25) is 4.79 Å². The summed E-state index contributed by atoms with van der Waals surface area (Å²) in [5, 5.41) is 0. The van der Waals surface area contributed by atoms with Crippen molar-refractivity contribution in [3.63, 3.8) is 0 Å². The van der Waals surface area contributed by atoms with Gasteiger partial charge in [0.05, 0.1) is 28.4 Å². The molecule has 168 valence electrons. The van der Waals surface area contributed by atoms with Gasteiger partial charge in [0.1, 0.15) is 18.1 Å². The van der Waals surface area contributed by atoms with Crippen LogP contribution in [0.5, 0.6) is 28.7 Å². The molecule has 2 aromatic carbocycles. The van der Waals surface area contributed by atoms with Gasteiger partial charge in [0, 0.05) is 22.8 Å². The Balaban J connectivity index is 0.000000614. The molecule has 1 aliphatic heterocycles. The molecule has 0 aromatic heterocycles. The Morgan fingerprint density at radius 3 is 2.00 bits per heavy atom. The molecule has 1 aliphatic rings. The molecule has 0 radical (unpaired) electrons. The van der Waals surface area contributed by atoms with E-state index in [4.69, 9.17) is 42.9 Å². The Hall–Kier alpha value is -3.04. The zero-order valence-corrected chi connectivity index (χ0v) is 18.2. The number of benzene rings is 2. The van der Waals surface area contributed by atoms with Crippen molar-refractivity contribution in [1.82, 2.24) is 0 Å². The minimum atomic E-state index is -4.64. The van der Waals surface area contributed by atoms with Crippen molar-refractivity contribution in [1.29, 1.82) is 0 Å². The number of hydrogen-bond acceptors (Lipinski definition) is 7. The molecule has 1 heterocycles. The monoisotopic (exact) mass is 454 g/mol. The van der Waals surface area contributed by atoms with Gasteiger partial charge < -0.3 is 38.4 Å². The number of carbonyl (C=O) groups is 1. The Bertz CT molecular complexity index is 991. The maximum absolute atomic E-state index is 12.9. The van der Waals surface area contributed by atoms with Gasteiger partial charge in [-0.2, -0.15) is 0 Å². The largest absolute Gasteiger partial charge is 0.497 e. The fraction of sp³-hybridized carbons (Fsp3) is 0.250. The van der Waals surface area contributed by atoms with E-state index in [2.05, 4.69) is 0 Å². The van der Waals surface area contributed by atoms with Gasteiger partial charge in [0.25, 0.3) is 0 Å². The normalized spacial score (nSPS) is 12.3. The van der Waals surface area contributed by atoms with Crippen molar-refractivity contribution >= 4 is 19.7 Å². The number of phosphoric acid groups is 1. The van der Waals surface area contributed by atoms with Crippen molar-refractivity contribution in [3.8, 4) is 28.7 Å². The predicted octanol–water partition coefficient (Wildman–Crippen LogP) is 2.45. The van der Waals surface area contributed by atoms with Crippen LogP contribution in [0.15, 0.2) is 35.9 Å². The van der Waals surface area contributed by atoms with Crippen molar-refractivity contribution in [2.24, 2.45) is 0 Å². The van der Waals surface area contributed by atoms with Crippen LogP contribution in [0, 0.1) is 0 Å². The first kappa shape index (κ1) is 24.2. The Morgan fingerprint density at radius 1 is 0.935 bits per heavy atom. The van der Waals surface area contributed by atoms with Crippen molar-refractivity contribution in [2.45, 2.75) is 0 Å². The number of fused-ring (bicyclic) bond motifs is 1. The highest BCUT2D eigenvalue weighted by atomic mass is 31.2. The third-order valence-electron chi connectivity index (χ3n) is 4.15. The van der Waals surface area contributed by atoms with E-state index in [1.54, 1.807) is 25.3 Å². The molecule has 31 heavy (non-hydrogen) atoms. The maximum Gasteiger partial charge on any atom is 0.466 e. The molecule has 0 saturated carbocycles. The number of hydrogen-bond donors (Lipinski definition) is 3. The van der Waals surface area contributed by atoms with Crippen LogP contribution in [0.4, 0.5) is 0 Å². The molecule has 0 fully saturated rings. The molecule has 0 bridgehead atoms. The second-order valence-corrected chi connectivity index (χ2v) is 7.14. The van der Waals surface area contributed by atoms with E-state index in [0.717, 1.165) is 5.56 Å². The van der Waals surface area contributed by atoms with E-state index in [-0.39, 0.29) is 12.4 Å². The van der Waals surface area contributed by atoms with E-state index in [9.17, 15) is 4.79 Å². The quantitative estimate of drug-likeness (QED) is 0.440. The van der Waals surface area contributed by atoms with Gasteiger partial charge in [0.15, 0.2) is 17.3 Å². The Kier molecular flexibility index (Phi) is 8.07. The second kappa shape index (κ2) is 10.3. The topological polar surface area (TPSA) is 141 Å². The predicted molar refractivity (Wildman–Crippen MR) is 111 cm³/mol. The van der Waals surface area contributed by atoms with Crippen LogP contribution >= 0.6 is 7.82 Å². The minimum absolute atomic E-state index is 0.161. The van der Waals surface area contributed by atoms with Gasteiger partial charge in [-0.25, -0.2) is 4.57 Å². The van der Waals surface area contributed by atoms with Gasteiger partial charge in [0.2, 0.25) is 5.75 Å². The zero-order valence-electron chi connectivity index (χ0n) is 17.3. The van der Waals surface area contributed by atoms with Crippen LogP contribution in [0.2, 0.25) is 0 Å². The second-order valence-electron chi connectivity index (χ2n) is 6.12. The summed E-state index contributed by atoms with van der Waals surface area (Å²) >= 11 is 0. The first-order valence-corrected chi connectivity index (χ1v) is 10.3. The summed E-state index contributed by atoms with van der Waals surface area (Å²) in [4.78, 5) is 34.5. The molecule has 0 amide bonds. The standard InChI is InChI=1S/C20H20O6.H3O4P/c1-22-15-6-5-12-7-14(11-26-16(12)10-15)19(21)13-8-17(23-2)20(25-4)18(9-13)24-3;1-5(2,3)4/h5-10H,11H2,1-4H3;(H3,1,2,3,4). The van der Waals surface area contributed by atoms with Crippen LogP contribution in [0.1, 0.15) is 15.9 Å². The number of ketones is 1.